The highest BCUT2D eigenvalue weighted by atomic mass is 16.2. The number of carbonyl (C=O) groups excluding carboxylic acids is 2. The minimum Gasteiger partial charge on any atom is -0.335 e. The highest BCUT2D eigenvalue weighted by Crippen LogP contribution is 2.12. The van der Waals surface area contributed by atoms with Crippen LogP contribution in [0.25, 0.3) is 12.2 Å². The van der Waals surface area contributed by atoms with Gasteiger partial charge in [0, 0.05) is 65.4 Å². The number of benzene rings is 2. The van der Waals surface area contributed by atoms with Gasteiger partial charge in [-0.2, -0.15) is 0 Å². The van der Waals surface area contributed by atoms with E-state index in [0.717, 1.165) is 39.3 Å². The zero-order valence-corrected chi connectivity index (χ0v) is 22.9. The lowest BCUT2D eigenvalue weighted by Gasteiger charge is -2.34. The average Bonchev–Trinajstić information content (AvgIpc) is 3.02. The molecule has 2 amide bonds. The molecule has 0 unspecified atom stereocenters. The predicted molar refractivity (Wildman–Crippen MR) is 160 cm³/mol. The van der Waals surface area contributed by atoms with E-state index in [0.29, 0.717) is 37.6 Å². The Labute approximate surface area is 237 Å². The molecule has 0 atom stereocenters. The normalized spacial score (nSPS) is 17.1. The van der Waals surface area contributed by atoms with Gasteiger partial charge in [-0.25, -0.2) is 4.98 Å². The van der Waals surface area contributed by atoms with Gasteiger partial charge in [-0.05, 0) is 23.3 Å². The summed E-state index contributed by atoms with van der Waals surface area (Å²) in [6.07, 6.45) is 8.61. The molecule has 2 aromatic carbocycles. The second-order valence-electron chi connectivity index (χ2n) is 10.2. The summed E-state index contributed by atoms with van der Waals surface area (Å²) < 4.78 is 0. The minimum atomic E-state index is -0.107. The number of aromatic nitrogens is 1. The molecule has 3 heterocycles. The molecule has 0 saturated carbocycles. The second kappa shape index (κ2) is 13.8. The molecule has 2 saturated heterocycles. The summed E-state index contributed by atoms with van der Waals surface area (Å²) in [5.74, 6) is -0.215. The molecule has 5 rings (SSSR count). The third-order valence-corrected chi connectivity index (χ3v) is 7.45. The number of carbonyl (C=O) groups is 2. The Kier molecular flexibility index (Phi) is 9.50. The third-order valence-electron chi connectivity index (χ3n) is 7.45. The van der Waals surface area contributed by atoms with Crippen molar-refractivity contribution < 1.29 is 9.59 Å². The van der Waals surface area contributed by atoms with Gasteiger partial charge in [0.1, 0.15) is 11.4 Å². The smallest absolute Gasteiger partial charge is 0.272 e. The van der Waals surface area contributed by atoms with Gasteiger partial charge < -0.3 is 9.80 Å². The zero-order valence-electron chi connectivity index (χ0n) is 22.9. The molecule has 2 aliphatic heterocycles. The number of nitrogens with zero attached hydrogens (tertiary/aromatic N) is 5. The van der Waals surface area contributed by atoms with Gasteiger partial charge in [0.2, 0.25) is 0 Å². The fourth-order valence-electron chi connectivity index (χ4n) is 5.07. The van der Waals surface area contributed by atoms with Crippen molar-refractivity contribution in [2.45, 2.75) is 0 Å². The second-order valence-corrected chi connectivity index (χ2v) is 10.2. The maximum absolute atomic E-state index is 13.2. The average molecular weight is 536 g/mol. The minimum absolute atomic E-state index is 0.107. The third kappa shape index (κ3) is 7.52. The maximum atomic E-state index is 13.2. The number of piperazine rings is 2. The van der Waals surface area contributed by atoms with Crippen LogP contribution in [-0.2, 0) is 0 Å². The van der Waals surface area contributed by atoms with E-state index in [4.69, 9.17) is 0 Å². The van der Waals surface area contributed by atoms with E-state index < -0.39 is 0 Å². The Morgan fingerprint density at radius 2 is 0.950 bits per heavy atom. The molecular formula is C33H37N5O2. The Morgan fingerprint density at radius 3 is 1.35 bits per heavy atom. The fourth-order valence-corrected chi connectivity index (χ4v) is 5.07. The van der Waals surface area contributed by atoms with E-state index in [9.17, 15) is 9.59 Å². The number of hydrogen-bond acceptors (Lipinski definition) is 5. The quantitative estimate of drug-likeness (QED) is 0.436. The fraction of sp³-hybridized carbons (Fsp3) is 0.303. The highest BCUT2D eigenvalue weighted by molar-refractivity contribution is 5.96. The van der Waals surface area contributed by atoms with E-state index in [-0.39, 0.29) is 11.8 Å². The summed E-state index contributed by atoms with van der Waals surface area (Å²) in [7, 11) is 0. The van der Waals surface area contributed by atoms with Crippen LogP contribution in [-0.4, -0.2) is 102 Å². The number of pyridine rings is 1. The van der Waals surface area contributed by atoms with Gasteiger partial charge in [0.05, 0.1) is 0 Å². The first-order valence-corrected chi connectivity index (χ1v) is 14.1. The first-order chi connectivity index (χ1) is 19.7. The Balaban J connectivity index is 1.08. The summed E-state index contributed by atoms with van der Waals surface area (Å²) in [4.78, 5) is 39.3. The van der Waals surface area contributed by atoms with Crippen LogP contribution in [0.3, 0.4) is 0 Å². The lowest BCUT2D eigenvalue weighted by molar-refractivity contribution is 0.0636. The lowest BCUT2D eigenvalue weighted by Crippen LogP contribution is -2.49. The van der Waals surface area contributed by atoms with Gasteiger partial charge >= 0.3 is 0 Å². The van der Waals surface area contributed by atoms with E-state index in [1.807, 2.05) is 46.2 Å². The number of rotatable bonds is 8. The summed E-state index contributed by atoms with van der Waals surface area (Å²) in [6, 6.07) is 25.7. The molecule has 206 valence electrons. The molecular weight excluding hydrogens is 498 g/mol. The van der Waals surface area contributed by atoms with Crippen LogP contribution >= 0.6 is 0 Å². The lowest BCUT2D eigenvalue weighted by atomic mass is 10.2. The molecule has 0 bridgehead atoms. The van der Waals surface area contributed by atoms with Crippen molar-refractivity contribution in [2.24, 2.45) is 0 Å². The van der Waals surface area contributed by atoms with Crippen molar-refractivity contribution in [2.75, 3.05) is 65.4 Å². The molecule has 40 heavy (non-hydrogen) atoms. The molecule has 7 heteroatoms. The van der Waals surface area contributed by atoms with Crippen LogP contribution in [0.5, 0.6) is 0 Å². The number of hydrogen-bond donors (Lipinski definition) is 0. The van der Waals surface area contributed by atoms with E-state index >= 15 is 0 Å². The molecule has 0 N–H and O–H groups in total. The standard InChI is InChI=1S/C33H37N5O2/c39-32(37-24-20-35(21-25-37)18-8-14-28-10-3-1-4-11-28)30-16-7-17-31(34-30)33(40)38-26-22-36(23-27-38)19-9-15-29-12-5-2-6-13-29/h1-17H,18-27H2. The van der Waals surface area contributed by atoms with Gasteiger partial charge in [0.15, 0.2) is 0 Å². The van der Waals surface area contributed by atoms with Crippen LogP contribution in [0.2, 0.25) is 0 Å². The van der Waals surface area contributed by atoms with Crippen LogP contribution in [0.15, 0.2) is 91.0 Å². The topological polar surface area (TPSA) is 60.0 Å². The maximum Gasteiger partial charge on any atom is 0.272 e. The summed E-state index contributed by atoms with van der Waals surface area (Å²) >= 11 is 0. The molecule has 3 aromatic rings. The van der Waals surface area contributed by atoms with Crippen LogP contribution in [0.1, 0.15) is 32.1 Å². The van der Waals surface area contributed by atoms with Crippen molar-refractivity contribution in [3.8, 4) is 0 Å². The largest absolute Gasteiger partial charge is 0.335 e. The Hall–Kier alpha value is -4.07. The summed E-state index contributed by atoms with van der Waals surface area (Å²) in [6.45, 7) is 7.57. The first kappa shape index (κ1) is 27.5. The van der Waals surface area contributed by atoms with Gasteiger partial charge in [-0.3, -0.25) is 19.4 Å². The van der Waals surface area contributed by atoms with Crippen LogP contribution in [0, 0.1) is 0 Å². The number of amides is 2. The van der Waals surface area contributed by atoms with E-state index in [2.05, 4.69) is 63.4 Å². The monoisotopic (exact) mass is 535 g/mol. The van der Waals surface area contributed by atoms with Gasteiger partial charge in [-0.15, -0.1) is 0 Å². The molecule has 2 fully saturated rings. The Morgan fingerprint density at radius 1 is 0.550 bits per heavy atom. The SMILES string of the molecule is O=C(c1cccc(C(=O)N2CCN(CC=Cc3ccccc3)CC2)n1)N1CCN(CC=Cc2ccccc2)CC1. The first-order valence-electron chi connectivity index (χ1n) is 14.1. The molecule has 0 spiro atoms. The van der Waals surface area contributed by atoms with E-state index in [1.54, 1.807) is 18.2 Å². The predicted octanol–water partition coefficient (Wildman–Crippen LogP) is 4.02. The van der Waals surface area contributed by atoms with Crippen LogP contribution < -0.4 is 0 Å². The van der Waals surface area contributed by atoms with E-state index in [1.165, 1.54) is 11.1 Å². The molecule has 7 nitrogen and oxygen atoms in total. The van der Waals surface area contributed by atoms with Crippen molar-refractivity contribution in [1.82, 2.24) is 24.6 Å². The van der Waals surface area contributed by atoms with Gasteiger partial charge in [0.25, 0.3) is 11.8 Å². The molecule has 2 aliphatic rings. The molecule has 0 aliphatic carbocycles. The van der Waals surface area contributed by atoms with Gasteiger partial charge in [-0.1, -0.05) is 91.0 Å². The van der Waals surface area contributed by atoms with Crippen molar-refractivity contribution in [1.29, 1.82) is 0 Å². The molecule has 0 radical (unpaired) electrons. The molecule has 1 aromatic heterocycles. The zero-order chi connectivity index (χ0) is 27.6. The summed E-state index contributed by atoms with van der Waals surface area (Å²) in [5, 5.41) is 0. The van der Waals surface area contributed by atoms with Crippen LogP contribution in [0.4, 0.5) is 0 Å². The van der Waals surface area contributed by atoms with Crippen molar-refractivity contribution in [3.63, 3.8) is 0 Å². The summed E-state index contributed by atoms with van der Waals surface area (Å²) in [5.41, 5.74) is 3.06. The Bertz CT molecular complexity index is 1210. The van der Waals surface area contributed by atoms with Crippen molar-refractivity contribution in [3.05, 3.63) is 114 Å². The van der Waals surface area contributed by atoms with Crippen molar-refractivity contribution >= 4 is 24.0 Å². The highest BCUT2D eigenvalue weighted by Gasteiger charge is 2.26.